The summed E-state index contributed by atoms with van der Waals surface area (Å²) in [6.45, 7) is 2.53. The lowest BCUT2D eigenvalue weighted by Crippen LogP contribution is -2.20. The van der Waals surface area contributed by atoms with Crippen LogP contribution in [0.3, 0.4) is 0 Å². The van der Waals surface area contributed by atoms with Crippen LogP contribution in [-0.2, 0) is 11.3 Å². The lowest BCUT2D eigenvalue weighted by Gasteiger charge is -2.23. The van der Waals surface area contributed by atoms with Gasteiger partial charge in [0.1, 0.15) is 18.1 Å². The fraction of sp³-hybridized carbons (Fsp3) is 0.281. The van der Waals surface area contributed by atoms with E-state index in [1.54, 1.807) is 19.3 Å². The largest absolute Gasteiger partial charge is 0.489 e. The molecular weight excluding hydrogens is 502 g/mol. The molecule has 0 bridgehead atoms. The highest BCUT2D eigenvalue weighted by molar-refractivity contribution is 5.93. The Labute approximate surface area is 233 Å². The molecule has 0 amide bonds. The van der Waals surface area contributed by atoms with E-state index in [0.717, 1.165) is 65.1 Å². The number of pyridine rings is 1. The molecule has 1 aliphatic carbocycles. The molecule has 8 heteroatoms. The third-order valence-electron chi connectivity index (χ3n) is 7.36. The van der Waals surface area contributed by atoms with E-state index in [1.807, 2.05) is 71.2 Å². The normalized spacial score (nSPS) is 13.8. The van der Waals surface area contributed by atoms with Gasteiger partial charge in [-0.15, -0.1) is 10.2 Å². The molecule has 1 saturated carbocycles. The Bertz CT molecular complexity index is 1610. The molecule has 0 aliphatic heterocycles. The summed E-state index contributed by atoms with van der Waals surface area (Å²) < 4.78 is 13.4. The van der Waals surface area contributed by atoms with Gasteiger partial charge in [0.15, 0.2) is 11.3 Å². The van der Waals surface area contributed by atoms with E-state index >= 15 is 0 Å². The fourth-order valence-corrected chi connectivity index (χ4v) is 5.47. The van der Waals surface area contributed by atoms with Crippen molar-refractivity contribution in [2.24, 2.45) is 0 Å². The number of benzene rings is 2. The van der Waals surface area contributed by atoms with Gasteiger partial charge in [-0.1, -0.05) is 61.7 Å². The standard InChI is InChI=1S/C32H31N5O3/c1-2-39-32(38)29-30(24-12-7-4-8-13-24)37-31(35-34-29)27(28(36-37)23-16-18-33-19-17-23)25-14-9-15-26(20-25)40-21-22-10-5-3-6-11-22/h3,5-6,9-11,14-20,24H,2,4,7-8,12-13,21H2,1H3. The monoisotopic (exact) mass is 533 g/mol. The summed E-state index contributed by atoms with van der Waals surface area (Å²) in [4.78, 5) is 17.2. The van der Waals surface area contributed by atoms with Crippen LogP contribution in [0.1, 0.15) is 66.7 Å². The summed E-state index contributed by atoms with van der Waals surface area (Å²) in [7, 11) is 0. The molecule has 40 heavy (non-hydrogen) atoms. The van der Waals surface area contributed by atoms with E-state index in [0.29, 0.717) is 12.3 Å². The Morgan fingerprint density at radius 3 is 2.50 bits per heavy atom. The van der Waals surface area contributed by atoms with Gasteiger partial charge in [-0.2, -0.15) is 5.10 Å². The number of rotatable bonds is 8. The van der Waals surface area contributed by atoms with Crippen LogP contribution in [0.2, 0.25) is 0 Å². The molecular formula is C32H31N5O3. The Kier molecular flexibility index (Phi) is 7.48. The second-order valence-electron chi connectivity index (χ2n) is 9.99. The van der Waals surface area contributed by atoms with Crippen LogP contribution in [-0.4, -0.2) is 37.4 Å². The van der Waals surface area contributed by atoms with Gasteiger partial charge >= 0.3 is 5.97 Å². The van der Waals surface area contributed by atoms with Crippen LogP contribution in [0.15, 0.2) is 79.1 Å². The van der Waals surface area contributed by atoms with E-state index in [4.69, 9.17) is 14.6 Å². The van der Waals surface area contributed by atoms with Gasteiger partial charge < -0.3 is 9.47 Å². The van der Waals surface area contributed by atoms with Crippen LogP contribution < -0.4 is 4.74 Å². The van der Waals surface area contributed by atoms with Crippen LogP contribution in [0.25, 0.3) is 28.0 Å². The van der Waals surface area contributed by atoms with Crippen molar-refractivity contribution in [2.75, 3.05) is 6.61 Å². The molecule has 3 aromatic heterocycles. The highest BCUT2D eigenvalue weighted by Gasteiger charge is 2.30. The first-order valence-electron chi connectivity index (χ1n) is 13.9. The highest BCUT2D eigenvalue weighted by atomic mass is 16.5. The zero-order valence-corrected chi connectivity index (χ0v) is 22.5. The third kappa shape index (κ3) is 5.17. The summed E-state index contributed by atoms with van der Waals surface area (Å²) in [6.07, 6.45) is 8.83. The maximum atomic E-state index is 13.0. The summed E-state index contributed by atoms with van der Waals surface area (Å²) in [6, 6.07) is 21.9. The summed E-state index contributed by atoms with van der Waals surface area (Å²) >= 11 is 0. The predicted octanol–water partition coefficient (Wildman–Crippen LogP) is 6.66. The summed E-state index contributed by atoms with van der Waals surface area (Å²) in [5.74, 6) is 0.422. The molecule has 0 radical (unpaired) electrons. The van der Waals surface area contributed by atoms with Crippen molar-refractivity contribution in [2.45, 2.75) is 51.6 Å². The van der Waals surface area contributed by atoms with Crippen molar-refractivity contribution in [1.29, 1.82) is 0 Å². The van der Waals surface area contributed by atoms with Crippen molar-refractivity contribution in [1.82, 2.24) is 24.8 Å². The molecule has 5 aromatic rings. The Balaban J connectivity index is 1.51. The van der Waals surface area contributed by atoms with E-state index < -0.39 is 5.97 Å². The van der Waals surface area contributed by atoms with Gasteiger partial charge in [-0.25, -0.2) is 9.31 Å². The number of fused-ring (bicyclic) bond motifs is 1. The first kappa shape index (κ1) is 25.7. The first-order chi connectivity index (χ1) is 19.7. The second-order valence-corrected chi connectivity index (χ2v) is 9.99. The Morgan fingerprint density at radius 2 is 1.73 bits per heavy atom. The van der Waals surface area contributed by atoms with E-state index in [1.165, 1.54) is 6.42 Å². The van der Waals surface area contributed by atoms with Crippen molar-refractivity contribution in [3.05, 3.63) is 96.1 Å². The molecule has 3 heterocycles. The number of ether oxygens (including phenoxy) is 2. The molecule has 0 atom stereocenters. The van der Waals surface area contributed by atoms with E-state index in [9.17, 15) is 4.79 Å². The summed E-state index contributed by atoms with van der Waals surface area (Å²) in [5, 5.41) is 14.1. The van der Waals surface area contributed by atoms with Gasteiger partial charge in [0.05, 0.1) is 17.9 Å². The van der Waals surface area contributed by atoms with Crippen LogP contribution >= 0.6 is 0 Å². The van der Waals surface area contributed by atoms with Crippen LogP contribution in [0.4, 0.5) is 0 Å². The van der Waals surface area contributed by atoms with Crippen molar-refractivity contribution >= 4 is 11.6 Å². The van der Waals surface area contributed by atoms with Gasteiger partial charge in [0.25, 0.3) is 0 Å². The van der Waals surface area contributed by atoms with Crippen molar-refractivity contribution < 1.29 is 14.3 Å². The lowest BCUT2D eigenvalue weighted by atomic mass is 9.86. The maximum absolute atomic E-state index is 13.0. The zero-order valence-electron chi connectivity index (χ0n) is 22.5. The smallest absolute Gasteiger partial charge is 0.360 e. The lowest BCUT2D eigenvalue weighted by molar-refractivity contribution is 0.0514. The highest BCUT2D eigenvalue weighted by Crippen LogP contribution is 2.39. The molecule has 0 saturated heterocycles. The molecule has 1 fully saturated rings. The second kappa shape index (κ2) is 11.7. The minimum absolute atomic E-state index is 0.143. The quantitative estimate of drug-likeness (QED) is 0.206. The number of aromatic nitrogens is 5. The minimum Gasteiger partial charge on any atom is -0.489 e. The number of carbonyl (C=O) groups excluding carboxylic acids is 1. The SMILES string of the molecule is CCOC(=O)c1nnc2c(-c3cccc(OCc4ccccc4)c3)c(-c3ccncc3)nn2c1C1CCCCC1. The maximum Gasteiger partial charge on any atom is 0.360 e. The third-order valence-corrected chi connectivity index (χ3v) is 7.36. The molecule has 0 unspecified atom stereocenters. The van der Waals surface area contributed by atoms with Crippen LogP contribution in [0.5, 0.6) is 5.75 Å². The minimum atomic E-state index is -0.462. The Hall–Kier alpha value is -4.59. The Morgan fingerprint density at radius 1 is 0.925 bits per heavy atom. The van der Waals surface area contributed by atoms with Gasteiger partial charge in [0, 0.05) is 23.9 Å². The molecule has 1 aliphatic rings. The molecule has 2 aromatic carbocycles. The molecule has 6 rings (SSSR count). The van der Waals surface area contributed by atoms with Crippen molar-refractivity contribution in [3.8, 4) is 28.1 Å². The summed E-state index contributed by atoms with van der Waals surface area (Å²) in [5.41, 5.74) is 6.10. The number of nitrogens with zero attached hydrogens (tertiary/aromatic N) is 5. The average Bonchev–Trinajstić information content (AvgIpc) is 3.41. The molecule has 0 spiro atoms. The van der Waals surface area contributed by atoms with Crippen LogP contribution in [0, 0.1) is 0 Å². The van der Waals surface area contributed by atoms with E-state index in [-0.39, 0.29) is 18.2 Å². The number of esters is 1. The number of carbonyl (C=O) groups is 1. The van der Waals surface area contributed by atoms with Gasteiger partial charge in [0.2, 0.25) is 0 Å². The molecule has 0 N–H and O–H groups in total. The topological polar surface area (TPSA) is 91.5 Å². The van der Waals surface area contributed by atoms with Crippen molar-refractivity contribution in [3.63, 3.8) is 0 Å². The average molecular weight is 534 g/mol. The van der Waals surface area contributed by atoms with Gasteiger partial charge in [-0.3, -0.25) is 4.98 Å². The van der Waals surface area contributed by atoms with Gasteiger partial charge in [-0.05, 0) is 55.2 Å². The van der Waals surface area contributed by atoms with E-state index in [2.05, 4.69) is 15.2 Å². The number of hydrogen-bond acceptors (Lipinski definition) is 7. The zero-order chi connectivity index (χ0) is 27.3. The molecule has 8 nitrogen and oxygen atoms in total. The fourth-order valence-electron chi connectivity index (χ4n) is 5.47. The first-order valence-corrected chi connectivity index (χ1v) is 13.9. The number of hydrogen-bond donors (Lipinski definition) is 0. The predicted molar refractivity (Wildman–Crippen MR) is 152 cm³/mol. The molecule has 202 valence electrons.